The monoisotopic (exact) mass is 745 g/mol. The van der Waals surface area contributed by atoms with Gasteiger partial charge in [0.25, 0.3) is 0 Å². The highest BCUT2D eigenvalue weighted by Gasteiger charge is 2.51. The Labute approximate surface area is 303 Å². The molecule has 1 rings (SSSR count). The van der Waals surface area contributed by atoms with E-state index in [0.29, 0.717) is 19.3 Å². The van der Waals surface area contributed by atoms with Gasteiger partial charge in [-0.2, -0.15) is 0 Å². The van der Waals surface area contributed by atoms with Crippen LogP contribution in [0.25, 0.3) is 0 Å². The first-order chi connectivity index (χ1) is 24.3. The quantitative estimate of drug-likeness (QED) is 0.0333. The summed E-state index contributed by atoms with van der Waals surface area (Å²) in [7, 11) is -5.15. The molecule has 0 spiro atoms. The Balaban J connectivity index is 2.77. The zero-order valence-electron chi connectivity index (χ0n) is 30.2. The van der Waals surface area contributed by atoms with Crippen molar-refractivity contribution in [3.63, 3.8) is 0 Å². The summed E-state index contributed by atoms with van der Waals surface area (Å²) in [5.74, 6) is -0.682. The van der Waals surface area contributed by atoms with Gasteiger partial charge in [0, 0.05) is 0 Å². The smallest absolute Gasteiger partial charge is 0.389 e. The van der Waals surface area contributed by atoms with Gasteiger partial charge in [-0.3, -0.25) is 13.8 Å². The molecule has 1 saturated carbocycles. The van der Waals surface area contributed by atoms with Crippen molar-refractivity contribution in [2.75, 3.05) is 6.61 Å². The van der Waals surface area contributed by atoms with Gasteiger partial charge >= 0.3 is 7.82 Å². The van der Waals surface area contributed by atoms with Crippen LogP contribution < -0.4 is 5.32 Å². The third kappa shape index (κ3) is 20.7. The molecule has 1 amide bonds. The van der Waals surface area contributed by atoms with E-state index in [2.05, 4.69) is 43.5 Å². The van der Waals surface area contributed by atoms with E-state index < -0.39 is 75.2 Å². The predicted molar refractivity (Wildman–Crippen MR) is 196 cm³/mol. The largest absolute Gasteiger partial charge is 0.472 e. The molecule has 0 aliphatic heterocycles. The van der Waals surface area contributed by atoms with Crippen LogP contribution in [-0.4, -0.2) is 108 Å². The highest BCUT2D eigenvalue weighted by Crippen LogP contribution is 2.47. The number of amides is 1. The SMILES string of the molecule is CC/C=C/CC/C=C/CC/C=C/C(O)C(COP(=O)(O)OC1C(O)C(O)C(O)C(O)C1O)NC(=O)CC(O)/C=C\C/C=C\CCCCCCCC. The second-order valence-electron chi connectivity index (χ2n) is 12.8. The summed E-state index contributed by atoms with van der Waals surface area (Å²) in [4.78, 5) is 23.1. The fourth-order valence-corrected chi connectivity index (χ4v) is 6.24. The summed E-state index contributed by atoms with van der Waals surface area (Å²) in [5, 5.41) is 73.6. The third-order valence-electron chi connectivity index (χ3n) is 8.32. The van der Waals surface area contributed by atoms with Crippen molar-refractivity contribution < 1.29 is 59.0 Å². The maximum atomic E-state index is 12.8. The van der Waals surface area contributed by atoms with E-state index in [9.17, 15) is 50.0 Å². The predicted octanol–water partition coefficient (Wildman–Crippen LogP) is 3.80. The lowest BCUT2D eigenvalue weighted by atomic mass is 9.85. The Morgan fingerprint density at radius 1 is 0.706 bits per heavy atom. The minimum absolute atomic E-state index is 0.366. The van der Waals surface area contributed by atoms with E-state index >= 15 is 0 Å². The maximum Gasteiger partial charge on any atom is 0.472 e. The number of nitrogens with one attached hydrogen (secondary N) is 1. The van der Waals surface area contributed by atoms with Crippen LogP contribution in [0, 0.1) is 0 Å². The lowest BCUT2D eigenvalue weighted by molar-refractivity contribution is -0.220. The number of allylic oxidation sites excluding steroid dienone is 8. The second-order valence-corrected chi connectivity index (χ2v) is 14.3. The number of rotatable bonds is 27. The molecule has 0 saturated heterocycles. The van der Waals surface area contributed by atoms with Gasteiger partial charge in [0.15, 0.2) is 0 Å². The molecule has 8 atom stereocenters. The molecule has 0 heterocycles. The maximum absolute atomic E-state index is 12.8. The standard InChI is InChI=1S/C37H64NO12P/c1-3-5-7-9-11-13-15-16-18-20-22-24-28(39)26-31(41)38-29(30(40)25-23-21-19-17-14-12-10-8-6-4-2)27-49-51(47,48)50-37-35(45)33(43)32(42)34(44)36(37)46/h6,8,14,16-18,22-25,28-30,32-37,39-40,42-46H,3-5,7,9-13,15,19-21,26-27H2,1-2H3,(H,38,41)(H,47,48)/b8-6+,17-14+,18-16-,24-22-,25-23+. The summed E-state index contributed by atoms with van der Waals surface area (Å²) in [6.45, 7) is 3.48. The van der Waals surface area contributed by atoms with E-state index in [0.717, 1.165) is 32.1 Å². The van der Waals surface area contributed by atoms with Crippen molar-refractivity contribution >= 4 is 13.7 Å². The number of aliphatic hydroxyl groups is 7. The minimum Gasteiger partial charge on any atom is -0.389 e. The Morgan fingerprint density at radius 3 is 1.88 bits per heavy atom. The molecule has 294 valence electrons. The number of carbonyl (C=O) groups is 1. The first kappa shape index (κ1) is 47.0. The van der Waals surface area contributed by atoms with E-state index in [1.807, 2.05) is 12.2 Å². The van der Waals surface area contributed by atoms with Crippen LogP contribution >= 0.6 is 7.82 Å². The summed E-state index contributed by atoms with van der Waals surface area (Å²) in [6, 6.07) is -1.29. The summed E-state index contributed by atoms with van der Waals surface area (Å²) >= 11 is 0. The number of hydrogen-bond acceptors (Lipinski definition) is 11. The van der Waals surface area contributed by atoms with Crippen molar-refractivity contribution in [1.82, 2.24) is 5.32 Å². The van der Waals surface area contributed by atoms with Crippen LogP contribution in [0.1, 0.15) is 104 Å². The molecule has 13 nitrogen and oxygen atoms in total. The summed E-state index contributed by atoms with van der Waals surface area (Å²) < 4.78 is 22.6. The highest BCUT2D eigenvalue weighted by atomic mass is 31.2. The molecule has 8 unspecified atom stereocenters. The normalized spacial score (nSPS) is 26.1. The number of phosphoric acid groups is 1. The third-order valence-corrected chi connectivity index (χ3v) is 9.31. The lowest BCUT2D eigenvalue weighted by Gasteiger charge is -2.41. The minimum atomic E-state index is -5.15. The van der Waals surface area contributed by atoms with Crippen LogP contribution in [0.3, 0.4) is 0 Å². The van der Waals surface area contributed by atoms with Crippen LogP contribution in [0.2, 0.25) is 0 Å². The van der Waals surface area contributed by atoms with Crippen LogP contribution in [0.15, 0.2) is 60.8 Å². The van der Waals surface area contributed by atoms with E-state index in [1.165, 1.54) is 44.3 Å². The molecular formula is C37H64NO12P. The van der Waals surface area contributed by atoms with Crippen LogP contribution in [-0.2, 0) is 18.4 Å². The molecule has 1 aliphatic carbocycles. The number of phosphoric ester groups is 1. The fourth-order valence-electron chi connectivity index (χ4n) is 5.28. The van der Waals surface area contributed by atoms with Gasteiger partial charge in [0.05, 0.1) is 31.3 Å². The van der Waals surface area contributed by atoms with Crippen LogP contribution in [0.5, 0.6) is 0 Å². The summed E-state index contributed by atoms with van der Waals surface area (Å²) in [6.07, 6.45) is 16.7. The number of unbranched alkanes of at least 4 members (excludes halogenated alkanes) is 8. The Hall–Kier alpha value is -2.00. The van der Waals surface area contributed by atoms with Gasteiger partial charge in [-0.15, -0.1) is 0 Å². The molecule has 0 aromatic carbocycles. The zero-order valence-corrected chi connectivity index (χ0v) is 31.1. The number of carbonyl (C=O) groups excluding carboxylic acids is 1. The Kier molecular flexibility index (Phi) is 25.4. The van der Waals surface area contributed by atoms with Gasteiger partial charge in [-0.05, 0) is 51.4 Å². The fraction of sp³-hybridized carbons (Fsp3) is 0.703. The first-order valence-corrected chi connectivity index (χ1v) is 19.8. The average Bonchev–Trinajstić information content (AvgIpc) is 3.09. The molecule has 51 heavy (non-hydrogen) atoms. The zero-order chi connectivity index (χ0) is 38.1. The molecule has 14 heteroatoms. The van der Waals surface area contributed by atoms with Gasteiger partial charge in [0.1, 0.15) is 36.6 Å². The topological polar surface area (TPSA) is 226 Å². The van der Waals surface area contributed by atoms with Crippen molar-refractivity contribution in [2.45, 2.75) is 159 Å². The van der Waals surface area contributed by atoms with E-state index in [4.69, 9.17) is 9.05 Å². The Bertz CT molecular complexity index is 1110. The first-order valence-electron chi connectivity index (χ1n) is 18.3. The number of aliphatic hydroxyl groups excluding tert-OH is 7. The number of hydrogen-bond donors (Lipinski definition) is 9. The second kappa shape index (κ2) is 27.6. The average molecular weight is 746 g/mol. The molecule has 0 bridgehead atoms. The molecule has 0 radical (unpaired) electrons. The van der Waals surface area contributed by atoms with Gasteiger partial charge in [-0.25, -0.2) is 4.57 Å². The van der Waals surface area contributed by atoms with Crippen molar-refractivity contribution in [3.05, 3.63) is 60.8 Å². The van der Waals surface area contributed by atoms with Crippen molar-refractivity contribution in [2.24, 2.45) is 0 Å². The highest BCUT2D eigenvalue weighted by molar-refractivity contribution is 7.47. The van der Waals surface area contributed by atoms with Gasteiger partial charge < -0.3 is 46.0 Å². The lowest BCUT2D eigenvalue weighted by Crippen LogP contribution is -2.64. The van der Waals surface area contributed by atoms with E-state index in [-0.39, 0.29) is 6.42 Å². The van der Waals surface area contributed by atoms with Crippen LogP contribution in [0.4, 0.5) is 0 Å². The summed E-state index contributed by atoms with van der Waals surface area (Å²) in [5.41, 5.74) is 0. The van der Waals surface area contributed by atoms with Gasteiger partial charge in [0.2, 0.25) is 5.91 Å². The van der Waals surface area contributed by atoms with Gasteiger partial charge in [-0.1, -0.05) is 107 Å². The van der Waals surface area contributed by atoms with E-state index in [1.54, 1.807) is 12.2 Å². The molecule has 1 aliphatic rings. The molecular weight excluding hydrogens is 681 g/mol. The molecule has 1 fully saturated rings. The molecule has 0 aromatic heterocycles. The van der Waals surface area contributed by atoms with Crippen molar-refractivity contribution in [3.8, 4) is 0 Å². The molecule has 0 aromatic rings. The van der Waals surface area contributed by atoms with Crippen molar-refractivity contribution in [1.29, 1.82) is 0 Å². The Morgan fingerprint density at radius 2 is 1.25 bits per heavy atom. The molecule has 9 N–H and O–H groups in total.